The second kappa shape index (κ2) is 5.75. The molecule has 2 atom stereocenters. The lowest BCUT2D eigenvalue weighted by atomic mass is 10.2. The van der Waals surface area contributed by atoms with Crippen molar-refractivity contribution < 1.29 is 19.4 Å². The lowest BCUT2D eigenvalue weighted by molar-refractivity contribution is 0.0760. The Morgan fingerprint density at radius 3 is 2.27 bits per heavy atom. The van der Waals surface area contributed by atoms with E-state index in [4.69, 9.17) is 4.74 Å². The Balaban J connectivity index is 1.63. The summed E-state index contributed by atoms with van der Waals surface area (Å²) in [5, 5.41) is 12.1. The number of ether oxygens (including phenoxy) is 1. The van der Waals surface area contributed by atoms with E-state index in [9.17, 15) is 14.7 Å². The molecule has 3 amide bonds. The summed E-state index contributed by atoms with van der Waals surface area (Å²) < 4.78 is 5.08. The highest BCUT2D eigenvalue weighted by molar-refractivity contribution is 5.89. The third-order valence-electron chi connectivity index (χ3n) is 4.33. The van der Waals surface area contributed by atoms with Crippen LogP contribution >= 0.6 is 0 Å². The number of anilines is 1. The highest BCUT2D eigenvalue weighted by atomic mass is 16.5. The average Bonchev–Trinajstić information content (AvgIpc) is 2.79. The number of nitrogens with one attached hydrogen (secondary N) is 1. The standard InChI is InChI=1S/C15H19N3O4/c1-22-13-6-2-10(3-7-13)16-14(19)17-8-11-4-5-12(9-17)18(11)15(20)21/h2-3,6-7,11-12H,4-5,8-9H2,1H3,(H,16,19)(H,20,21)/t11-,12+. The molecule has 7 nitrogen and oxygen atoms in total. The Morgan fingerprint density at radius 2 is 1.77 bits per heavy atom. The number of carbonyl (C=O) groups excluding carboxylic acids is 1. The van der Waals surface area contributed by atoms with Crippen LogP contribution in [0.5, 0.6) is 5.75 Å². The summed E-state index contributed by atoms with van der Waals surface area (Å²) in [5.74, 6) is 0.728. The number of carboxylic acid groups (broad SMARTS) is 1. The molecule has 1 aromatic carbocycles. The lowest BCUT2D eigenvalue weighted by Crippen LogP contribution is -2.57. The van der Waals surface area contributed by atoms with Gasteiger partial charge in [-0.3, -0.25) is 4.90 Å². The molecule has 2 N–H and O–H groups in total. The number of urea groups is 1. The largest absolute Gasteiger partial charge is 0.497 e. The minimum Gasteiger partial charge on any atom is -0.497 e. The van der Waals surface area contributed by atoms with Crippen LogP contribution in [0.3, 0.4) is 0 Å². The maximum absolute atomic E-state index is 12.3. The average molecular weight is 305 g/mol. The van der Waals surface area contributed by atoms with Gasteiger partial charge in [-0.2, -0.15) is 0 Å². The van der Waals surface area contributed by atoms with E-state index in [1.165, 1.54) is 4.90 Å². The third-order valence-corrected chi connectivity index (χ3v) is 4.33. The van der Waals surface area contributed by atoms with Gasteiger partial charge in [-0.05, 0) is 37.1 Å². The number of piperazine rings is 1. The number of amides is 3. The molecule has 118 valence electrons. The van der Waals surface area contributed by atoms with Crippen LogP contribution in [0, 0.1) is 0 Å². The molecular weight excluding hydrogens is 286 g/mol. The van der Waals surface area contributed by atoms with Gasteiger partial charge in [-0.25, -0.2) is 9.59 Å². The number of carbonyl (C=O) groups is 2. The van der Waals surface area contributed by atoms with Gasteiger partial charge in [0.05, 0.1) is 19.2 Å². The van der Waals surface area contributed by atoms with Gasteiger partial charge in [0.1, 0.15) is 5.75 Å². The van der Waals surface area contributed by atoms with Crippen LogP contribution in [0.1, 0.15) is 12.8 Å². The summed E-state index contributed by atoms with van der Waals surface area (Å²) in [6.45, 7) is 0.898. The van der Waals surface area contributed by atoms with Gasteiger partial charge in [0.25, 0.3) is 0 Å². The van der Waals surface area contributed by atoms with Crippen molar-refractivity contribution in [3.8, 4) is 5.75 Å². The molecule has 0 saturated carbocycles. The Kier molecular flexibility index (Phi) is 3.79. The molecule has 0 radical (unpaired) electrons. The van der Waals surface area contributed by atoms with Gasteiger partial charge < -0.3 is 20.1 Å². The van der Waals surface area contributed by atoms with E-state index in [2.05, 4.69) is 5.32 Å². The topological polar surface area (TPSA) is 82.1 Å². The summed E-state index contributed by atoms with van der Waals surface area (Å²) >= 11 is 0. The van der Waals surface area contributed by atoms with Gasteiger partial charge in [-0.15, -0.1) is 0 Å². The summed E-state index contributed by atoms with van der Waals surface area (Å²) in [4.78, 5) is 26.8. The van der Waals surface area contributed by atoms with Crippen LogP contribution in [0.2, 0.25) is 0 Å². The first-order valence-electron chi connectivity index (χ1n) is 7.29. The molecule has 2 aliphatic heterocycles. The lowest BCUT2D eigenvalue weighted by Gasteiger charge is -2.39. The molecule has 0 aromatic heterocycles. The van der Waals surface area contributed by atoms with Gasteiger partial charge >= 0.3 is 12.1 Å². The fourth-order valence-electron chi connectivity index (χ4n) is 3.26. The van der Waals surface area contributed by atoms with Gasteiger partial charge in [0.2, 0.25) is 0 Å². The van der Waals surface area contributed by atoms with Crippen molar-refractivity contribution in [2.45, 2.75) is 24.9 Å². The van der Waals surface area contributed by atoms with Crippen LogP contribution in [-0.2, 0) is 0 Å². The van der Waals surface area contributed by atoms with Crippen LogP contribution < -0.4 is 10.1 Å². The van der Waals surface area contributed by atoms with Gasteiger partial charge in [0, 0.05) is 18.8 Å². The molecule has 2 heterocycles. The van der Waals surface area contributed by atoms with Crippen molar-refractivity contribution in [2.75, 3.05) is 25.5 Å². The zero-order valence-electron chi connectivity index (χ0n) is 12.4. The third kappa shape index (κ3) is 2.66. The Morgan fingerprint density at radius 1 is 1.18 bits per heavy atom. The second-order valence-electron chi connectivity index (χ2n) is 5.64. The normalized spacial score (nSPS) is 23.3. The smallest absolute Gasteiger partial charge is 0.407 e. The zero-order chi connectivity index (χ0) is 15.7. The maximum atomic E-state index is 12.3. The first-order valence-corrected chi connectivity index (χ1v) is 7.29. The molecule has 0 aliphatic carbocycles. The number of likely N-dealkylation sites (tertiary alicyclic amines) is 1. The van der Waals surface area contributed by atoms with E-state index in [0.29, 0.717) is 18.8 Å². The number of rotatable bonds is 2. The SMILES string of the molecule is COc1ccc(NC(=O)N2C[C@H]3CC[C@@H](C2)N3C(=O)O)cc1. The molecule has 2 saturated heterocycles. The highest BCUT2D eigenvalue weighted by Gasteiger charge is 2.43. The molecule has 0 spiro atoms. The van der Waals surface area contributed by atoms with Crippen molar-refractivity contribution >= 4 is 17.8 Å². The zero-order valence-corrected chi connectivity index (χ0v) is 12.4. The number of methoxy groups -OCH3 is 1. The first-order chi connectivity index (χ1) is 10.6. The monoisotopic (exact) mass is 305 g/mol. The van der Waals surface area contributed by atoms with Crippen molar-refractivity contribution in [2.24, 2.45) is 0 Å². The molecule has 22 heavy (non-hydrogen) atoms. The fourth-order valence-corrected chi connectivity index (χ4v) is 3.26. The van der Waals surface area contributed by atoms with Crippen molar-refractivity contribution in [3.05, 3.63) is 24.3 Å². The minimum absolute atomic E-state index is 0.0853. The Bertz CT molecular complexity index is 561. The molecule has 0 unspecified atom stereocenters. The molecular formula is C15H19N3O4. The predicted octanol–water partition coefficient (Wildman–Crippen LogP) is 2.05. The van der Waals surface area contributed by atoms with E-state index >= 15 is 0 Å². The molecule has 1 aromatic rings. The predicted molar refractivity (Wildman–Crippen MR) is 80.3 cm³/mol. The number of nitrogens with zero attached hydrogens (tertiary/aromatic N) is 2. The van der Waals surface area contributed by atoms with E-state index < -0.39 is 6.09 Å². The number of fused-ring (bicyclic) bond motifs is 2. The molecule has 3 rings (SSSR count). The van der Waals surface area contributed by atoms with Gasteiger partial charge in [0.15, 0.2) is 0 Å². The van der Waals surface area contributed by atoms with Crippen molar-refractivity contribution in [3.63, 3.8) is 0 Å². The van der Waals surface area contributed by atoms with Crippen LogP contribution in [0.4, 0.5) is 15.3 Å². The van der Waals surface area contributed by atoms with Crippen molar-refractivity contribution in [1.82, 2.24) is 9.80 Å². The molecule has 2 fully saturated rings. The Labute approximate surface area is 128 Å². The minimum atomic E-state index is -0.886. The maximum Gasteiger partial charge on any atom is 0.407 e. The van der Waals surface area contributed by atoms with Crippen molar-refractivity contribution in [1.29, 1.82) is 0 Å². The summed E-state index contributed by atoms with van der Waals surface area (Å²) in [5.41, 5.74) is 0.693. The molecule has 2 bridgehead atoms. The molecule has 2 aliphatic rings. The Hall–Kier alpha value is -2.44. The van der Waals surface area contributed by atoms with E-state index in [1.54, 1.807) is 36.3 Å². The summed E-state index contributed by atoms with van der Waals surface area (Å²) in [6, 6.07) is 6.75. The van der Waals surface area contributed by atoms with Crippen LogP contribution in [0.25, 0.3) is 0 Å². The summed E-state index contributed by atoms with van der Waals surface area (Å²) in [7, 11) is 1.59. The fraction of sp³-hybridized carbons (Fsp3) is 0.467. The second-order valence-corrected chi connectivity index (χ2v) is 5.64. The molecule has 7 heteroatoms. The number of benzene rings is 1. The van der Waals surface area contributed by atoms with Gasteiger partial charge in [-0.1, -0.05) is 0 Å². The number of hydrogen-bond acceptors (Lipinski definition) is 3. The quantitative estimate of drug-likeness (QED) is 0.876. The van der Waals surface area contributed by atoms with E-state index in [0.717, 1.165) is 18.6 Å². The van der Waals surface area contributed by atoms with Crippen LogP contribution in [-0.4, -0.2) is 59.3 Å². The van der Waals surface area contributed by atoms with Crippen LogP contribution in [0.15, 0.2) is 24.3 Å². The first kappa shape index (κ1) is 14.5. The highest BCUT2D eigenvalue weighted by Crippen LogP contribution is 2.30. The van der Waals surface area contributed by atoms with E-state index in [-0.39, 0.29) is 18.1 Å². The van der Waals surface area contributed by atoms with E-state index in [1.807, 2.05) is 0 Å². The summed E-state index contributed by atoms with van der Waals surface area (Å²) in [6.07, 6.45) is 0.759. The number of hydrogen-bond donors (Lipinski definition) is 2.